The van der Waals surface area contributed by atoms with Crippen LogP contribution in [0.25, 0.3) is 0 Å². The van der Waals surface area contributed by atoms with Crippen LogP contribution in [0.5, 0.6) is 0 Å². The first kappa shape index (κ1) is 6.84. The van der Waals surface area contributed by atoms with Gasteiger partial charge in [0.1, 0.15) is 0 Å². The zero-order chi connectivity index (χ0) is 6.08. The van der Waals surface area contributed by atoms with Crippen LogP contribution in [0.2, 0.25) is 0 Å². The van der Waals surface area contributed by atoms with Crippen molar-refractivity contribution in [2.45, 2.75) is 19.5 Å². The second kappa shape index (κ2) is 1.75. The molecule has 0 aliphatic heterocycles. The van der Waals surface area contributed by atoms with E-state index in [1.165, 1.54) is 0 Å². The van der Waals surface area contributed by atoms with Crippen LogP contribution < -0.4 is 16.7 Å². The number of quaternary nitrogens is 1. The number of hydroxylamine groups is 1. The van der Waals surface area contributed by atoms with Gasteiger partial charge in [0, 0.05) is 13.8 Å². The van der Waals surface area contributed by atoms with E-state index >= 15 is 0 Å². The zero-order valence-electron chi connectivity index (χ0n) is 4.56. The Kier molecular flexibility index (Phi) is 1.71. The maximum atomic E-state index is 10.1. The van der Waals surface area contributed by atoms with Crippen LogP contribution in [-0.2, 0) is 0 Å². The number of hydrogen-bond donors (Lipinski definition) is 3. The third-order valence-electron chi connectivity index (χ3n) is 0.635. The smallest absolute Gasteiger partial charge is 0.160 e. The average Bonchev–Trinajstić information content (AvgIpc) is 1.31. The van der Waals surface area contributed by atoms with E-state index in [9.17, 15) is 5.21 Å². The fourth-order valence-electron chi connectivity index (χ4n) is 0. The van der Waals surface area contributed by atoms with Gasteiger partial charge in [0.25, 0.3) is 0 Å². The van der Waals surface area contributed by atoms with Crippen molar-refractivity contribution in [1.82, 2.24) is 0 Å². The van der Waals surface area contributed by atoms with Gasteiger partial charge in [-0.2, -0.15) is 5.84 Å². The number of hydrogen-bond acceptors (Lipinski definition) is 3. The fourth-order valence-corrected chi connectivity index (χ4v) is 0. The Hall–Kier alpha value is -0.160. The Morgan fingerprint density at radius 3 is 1.71 bits per heavy atom. The van der Waals surface area contributed by atoms with Crippen LogP contribution in [0.15, 0.2) is 0 Å². The van der Waals surface area contributed by atoms with E-state index in [0.29, 0.717) is 0 Å². The summed E-state index contributed by atoms with van der Waals surface area (Å²) in [5.41, 5.74) is 4.34. The highest BCUT2D eigenvalue weighted by Gasteiger charge is 2.14. The summed E-state index contributed by atoms with van der Waals surface area (Å²) in [5.74, 6) is 4.81. The number of nitrogens with two attached hydrogens (primary N) is 2. The van der Waals surface area contributed by atoms with Crippen molar-refractivity contribution in [2.24, 2.45) is 11.6 Å². The molecule has 44 valence electrons. The molecule has 0 bridgehead atoms. The molecule has 0 saturated carbocycles. The minimum Gasteiger partial charge on any atom is -0.612 e. The molecule has 0 heterocycles. The van der Waals surface area contributed by atoms with Crippen molar-refractivity contribution in [3.05, 3.63) is 5.21 Å². The van der Waals surface area contributed by atoms with Crippen molar-refractivity contribution in [2.75, 3.05) is 0 Å². The van der Waals surface area contributed by atoms with E-state index < -0.39 is 10.8 Å². The second-order valence-electron chi connectivity index (χ2n) is 2.09. The molecule has 0 aliphatic carbocycles. The van der Waals surface area contributed by atoms with Gasteiger partial charge in [-0.05, 0) is 0 Å². The van der Waals surface area contributed by atoms with Crippen LogP contribution in [0.4, 0.5) is 0 Å². The molecular weight excluding hydrogens is 94.1 g/mol. The molecule has 5 N–H and O–H groups in total. The molecule has 0 radical (unpaired) electrons. The van der Waals surface area contributed by atoms with Crippen molar-refractivity contribution in [3.8, 4) is 0 Å². The van der Waals surface area contributed by atoms with Crippen molar-refractivity contribution in [1.29, 1.82) is 0 Å². The molecule has 0 aromatic carbocycles. The summed E-state index contributed by atoms with van der Waals surface area (Å²) in [6.07, 6.45) is 0. The van der Waals surface area contributed by atoms with E-state index in [1.807, 2.05) is 0 Å². The summed E-state index contributed by atoms with van der Waals surface area (Å²) in [6, 6.07) is 0. The first-order valence-corrected chi connectivity index (χ1v) is 2.03. The Morgan fingerprint density at radius 2 is 1.71 bits per heavy atom. The summed E-state index contributed by atoms with van der Waals surface area (Å²) in [7, 11) is 0. The maximum absolute atomic E-state index is 10.1. The molecule has 0 aromatic heterocycles. The van der Waals surface area contributed by atoms with Gasteiger partial charge in [-0.15, -0.1) is 0 Å². The lowest BCUT2D eigenvalue weighted by Gasteiger charge is -2.28. The highest BCUT2D eigenvalue weighted by molar-refractivity contribution is 4.50. The molecule has 1 unspecified atom stereocenters. The van der Waals surface area contributed by atoms with E-state index in [1.54, 1.807) is 13.8 Å². The van der Waals surface area contributed by atoms with Gasteiger partial charge in [-0.1, -0.05) is 0 Å². The molecule has 0 aliphatic rings. The topological polar surface area (TPSA) is 79.5 Å². The van der Waals surface area contributed by atoms with Crippen LogP contribution >= 0.6 is 0 Å². The molecule has 0 amide bonds. The zero-order valence-corrected chi connectivity index (χ0v) is 4.56. The molecule has 1 atom stereocenters. The summed E-state index contributed by atoms with van der Waals surface area (Å²) in [5, 5.41) is 9.64. The Labute approximate surface area is 42.6 Å². The summed E-state index contributed by atoms with van der Waals surface area (Å²) < 4.78 is 0. The highest BCUT2D eigenvalue weighted by atomic mass is 16.5. The Bertz CT molecular complexity index is 55.7. The summed E-state index contributed by atoms with van der Waals surface area (Å²) in [4.78, 5) is 0. The molecule has 0 spiro atoms. The maximum Gasteiger partial charge on any atom is 0.160 e. The molecular formula is C3H11N3O. The van der Waals surface area contributed by atoms with Gasteiger partial charge in [-0.3, -0.25) is 10.9 Å². The first-order valence-electron chi connectivity index (χ1n) is 2.03. The van der Waals surface area contributed by atoms with E-state index in [0.717, 1.165) is 0 Å². The van der Waals surface area contributed by atoms with Gasteiger partial charge < -0.3 is 5.21 Å². The van der Waals surface area contributed by atoms with Gasteiger partial charge in [0.05, 0.1) is 0 Å². The Morgan fingerprint density at radius 1 is 1.57 bits per heavy atom. The molecule has 7 heavy (non-hydrogen) atoms. The van der Waals surface area contributed by atoms with Crippen molar-refractivity contribution in [3.63, 3.8) is 0 Å². The molecule has 0 rings (SSSR count). The number of nitrogens with one attached hydrogen (secondary N) is 1. The minimum atomic E-state index is -0.861. The third kappa shape index (κ3) is 2.52. The molecule has 0 aromatic rings. The third-order valence-corrected chi connectivity index (χ3v) is 0.635. The molecule has 0 fully saturated rings. The van der Waals surface area contributed by atoms with Crippen molar-refractivity contribution >= 4 is 0 Å². The van der Waals surface area contributed by atoms with Crippen LogP contribution in [0, 0.1) is 5.21 Å². The monoisotopic (exact) mass is 105 g/mol. The van der Waals surface area contributed by atoms with E-state index in [4.69, 9.17) is 11.6 Å². The van der Waals surface area contributed by atoms with Crippen LogP contribution in [0.1, 0.15) is 13.8 Å². The van der Waals surface area contributed by atoms with Crippen LogP contribution in [0.3, 0.4) is 0 Å². The lowest BCUT2D eigenvalue weighted by atomic mass is 10.3. The average molecular weight is 105 g/mol. The summed E-state index contributed by atoms with van der Waals surface area (Å²) >= 11 is 0. The normalized spacial score (nSPS) is 16.7. The Balaban J connectivity index is 3.54. The summed E-state index contributed by atoms with van der Waals surface area (Å²) in [6.45, 7) is 3.13. The predicted octanol–water partition coefficient (Wildman–Crippen LogP) is -2.06. The minimum absolute atomic E-state index is 0.479. The van der Waals surface area contributed by atoms with E-state index in [2.05, 4.69) is 0 Å². The van der Waals surface area contributed by atoms with Gasteiger partial charge in [-0.25, -0.2) is 0 Å². The lowest BCUT2D eigenvalue weighted by Crippen LogP contribution is -3.22. The standard InChI is InChI=1S/C3H11N3O/c1-3(2,4)6(5)7/h6H,4-5H2,1-2H3. The first-order chi connectivity index (χ1) is 2.94. The molecule has 4 nitrogen and oxygen atoms in total. The number of rotatable bonds is 1. The van der Waals surface area contributed by atoms with Gasteiger partial charge in [0.2, 0.25) is 0 Å². The lowest BCUT2D eigenvalue weighted by molar-refractivity contribution is -0.912. The predicted molar refractivity (Wildman–Crippen MR) is 26.8 cm³/mol. The second-order valence-corrected chi connectivity index (χ2v) is 2.09. The fraction of sp³-hybridized carbons (Fsp3) is 1.00. The highest BCUT2D eigenvalue weighted by Crippen LogP contribution is 1.76. The quantitative estimate of drug-likeness (QED) is 0.204. The van der Waals surface area contributed by atoms with Gasteiger partial charge in [0.15, 0.2) is 5.66 Å². The molecule has 4 heteroatoms. The SMILES string of the molecule is CC(C)(N)[NH+](N)[O-]. The largest absolute Gasteiger partial charge is 0.612 e. The molecule has 0 saturated heterocycles. The van der Waals surface area contributed by atoms with Crippen LogP contribution in [-0.4, -0.2) is 5.66 Å². The van der Waals surface area contributed by atoms with Crippen molar-refractivity contribution < 1.29 is 5.17 Å². The van der Waals surface area contributed by atoms with Gasteiger partial charge >= 0.3 is 0 Å². The van der Waals surface area contributed by atoms with E-state index in [-0.39, 0.29) is 0 Å².